The quantitative estimate of drug-likeness (QED) is 0.489. The third-order valence-electron chi connectivity index (χ3n) is 2.31. The van der Waals surface area contributed by atoms with Crippen LogP contribution in [0.4, 0.5) is 0 Å². The van der Waals surface area contributed by atoms with E-state index in [-0.39, 0.29) is 0 Å². The molecule has 1 aliphatic heterocycles. The highest BCUT2D eigenvalue weighted by Crippen LogP contribution is 2.20. The average Bonchev–Trinajstić information content (AvgIpc) is 2.51. The van der Waals surface area contributed by atoms with E-state index < -0.39 is 0 Å². The SMILES string of the molecule is CC(C)C(=CC1CCOC1)CCl. The Morgan fingerprint density at radius 2 is 2.42 bits per heavy atom. The molecule has 0 aromatic heterocycles. The summed E-state index contributed by atoms with van der Waals surface area (Å²) in [5, 5.41) is 0. The molecule has 0 amide bonds. The van der Waals surface area contributed by atoms with Crippen LogP contribution in [0.15, 0.2) is 11.6 Å². The molecule has 1 aliphatic rings. The van der Waals surface area contributed by atoms with Gasteiger partial charge in [-0.15, -0.1) is 11.6 Å². The molecular formula is C10H17ClO. The predicted octanol–water partition coefficient (Wildman–Crippen LogP) is 2.84. The summed E-state index contributed by atoms with van der Waals surface area (Å²) < 4.78 is 5.29. The van der Waals surface area contributed by atoms with Gasteiger partial charge in [-0.3, -0.25) is 0 Å². The fourth-order valence-electron chi connectivity index (χ4n) is 1.38. The molecule has 70 valence electrons. The zero-order chi connectivity index (χ0) is 8.97. The number of hydrogen-bond acceptors (Lipinski definition) is 1. The lowest BCUT2D eigenvalue weighted by Gasteiger charge is -2.10. The van der Waals surface area contributed by atoms with Gasteiger partial charge < -0.3 is 4.74 Å². The Labute approximate surface area is 79.7 Å². The van der Waals surface area contributed by atoms with Gasteiger partial charge in [0.1, 0.15) is 0 Å². The van der Waals surface area contributed by atoms with Crippen molar-refractivity contribution in [2.24, 2.45) is 11.8 Å². The molecule has 12 heavy (non-hydrogen) atoms. The van der Waals surface area contributed by atoms with Crippen LogP contribution in [0.25, 0.3) is 0 Å². The van der Waals surface area contributed by atoms with Gasteiger partial charge in [0.25, 0.3) is 0 Å². The van der Waals surface area contributed by atoms with Gasteiger partial charge in [-0.05, 0) is 12.3 Å². The van der Waals surface area contributed by atoms with E-state index in [1.807, 2.05) is 0 Å². The molecule has 1 fully saturated rings. The van der Waals surface area contributed by atoms with Crippen LogP contribution in [-0.2, 0) is 4.74 Å². The molecule has 0 bridgehead atoms. The topological polar surface area (TPSA) is 9.23 Å². The van der Waals surface area contributed by atoms with Crippen LogP contribution < -0.4 is 0 Å². The van der Waals surface area contributed by atoms with E-state index in [0.29, 0.717) is 17.7 Å². The minimum atomic E-state index is 0.572. The van der Waals surface area contributed by atoms with Gasteiger partial charge in [0.15, 0.2) is 0 Å². The number of halogens is 1. The van der Waals surface area contributed by atoms with Gasteiger partial charge in [0.2, 0.25) is 0 Å². The van der Waals surface area contributed by atoms with Crippen LogP contribution in [0.5, 0.6) is 0 Å². The second kappa shape index (κ2) is 4.88. The normalized spacial score (nSPS) is 25.3. The smallest absolute Gasteiger partial charge is 0.0529 e. The summed E-state index contributed by atoms with van der Waals surface area (Å²) >= 11 is 5.83. The summed E-state index contributed by atoms with van der Waals surface area (Å²) in [6.07, 6.45) is 3.46. The highest BCUT2D eigenvalue weighted by Gasteiger charge is 2.14. The summed E-state index contributed by atoms with van der Waals surface area (Å²) in [4.78, 5) is 0. The number of allylic oxidation sites excluding steroid dienone is 1. The van der Waals surface area contributed by atoms with Gasteiger partial charge in [0.05, 0.1) is 6.61 Å². The van der Waals surface area contributed by atoms with Crippen LogP contribution in [0.2, 0.25) is 0 Å². The maximum absolute atomic E-state index is 5.83. The van der Waals surface area contributed by atoms with E-state index in [4.69, 9.17) is 16.3 Å². The molecule has 1 heterocycles. The maximum atomic E-state index is 5.83. The van der Waals surface area contributed by atoms with E-state index in [1.54, 1.807) is 0 Å². The average molecular weight is 189 g/mol. The van der Waals surface area contributed by atoms with Crippen LogP contribution in [0.3, 0.4) is 0 Å². The Bertz CT molecular complexity index is 157. The van der Waals surface area contributed by atoms with Gasteiger partial charge in [-0.25, -0.2) is 0 Å². The fraction of sp³-hybridized carbons (Fsp3) is 0.800. The third kappa shape index (κ3) is 2.80. The minimum absolute atomic E-state index is 0.572. The Hall–Kier alpha value is -0.0100. The largest absolute Gasteiger partial charge is 0.381 e. The third-order valence-corrected chi connectivity index (χ3v) is 2.62. The lowest BCUT2D eigenvalue weighted by molar-refractivity contribution is 0.191. The van der Waals surface area contributed by atoms with E-state index in [9.17, 15) is 0 Å². The number of alkyl halides is 1. The zero-order valence-electron chi connectivity index (χ0n) is 7.85. The summed E-state index contributed by atoms with van der Waals surface area (Å²) in [7, 11) is 0. The van der Waals surface area contributed by atoms with Gasteiger partial charge in [0, 0.05) is 18.4 Å². The summed E-state index contributed by atoms with van der Waals surface area (Å²) in [5.41, 5.74) is 1.35. The molecule has 1 saturated heterocycles. The second-order valence-electron chi connectivity index (χ2n) is 3.65. The molecule has 0 N–H and O–H groups in total. The second-order valence-corrected chi connectivity index (χ2v) is 3.92. The Balaban J connectivity index is 2.50. The van der Waals surface area contributed by atoms with Crippen molar-refractivity contribution in [3.8, 4) is 0 Å². The first-order chi connectivity index (χ1) is 5.74. The number of rotatable bonds is 3. The first kappa shape index (κ1) is 10.1. The molecule has 1 atom stereocenters. The molecule has 1 unspecified atom stereocenters. The zero-order valence-corrected chi connectivity index (χ0v) is 8.60. The maximum Gasteiger partial charge on any atom is 0.0529 e. The molecule has 1 rings (SSSR count). The molecule has 0 aromatic carbocycles. The molecular weight excluding hydrogens is 172 g/mol. The lowest BCUT2D eigenvalue weighted by Crippen LogP contribution is -2.02. The van der Waals surface area contributed by atoms with E-state index in [2.05, 4.69) is 19.9 Å². The summed E-state index contributed by atoms with van der Waals surface area (Å²) in [6, 6.07) is 0. The highest BCUT2D eigenvalue weighted by atomic mass is 35.5. The highest BCUT2D eigenvalue weighted by molar-refractivity contribution is 6.19. The first-order valence-electron chi connectivity index (χ1n) is 4.58. The van der Waals surface area contributed by atoms with E-state index in [1.165, 1.54) is 5.57 Å². The first-order valence-corrected chi connectivity index (χ1v) is 5.11. The number of ether oxygens (including phenoxy) is 1. The van der Waals surface area contributed by atoms with Crippen molar-refractivity contribution in [1.29, 1.82) is 0 Å². The van der Waals surface area contributed by atoms with Crippen LogP contribution >= 0.6 is 11.6 Å². The van der Waals surface area contributed by atoms with Crippen molar-refractivity contribution >= 4 is 11.6 Å². The standard InChI is InChI=1S/C10H17ClO/c1-8(2)10(6-11)5-9-3-4-12-7-9/h5,8-9H,3-4,6-7H2,1-2H3. The Morgan fingerprint density at radius 3 is 2.83 bits per heavy atom. The van der Waals surface area contributed by atoms with Crippen molar-refractivity contribution in [2.75, 3.05) is 19.1 Å². The number of hydrogen-bond donors (Lipinski definition) is 0. The van der Waals surface area contributed by atoms with Crippen molar-refractivity contribution in [3.05, 3.63) is 11.6 Å². The molecule has 1 nitrogen and oxygen atoms in total. The van der Waals surface area contributed by atoms with Gasteiger partial charge >= 0.3 is 0 Å². The van der Waals surface area contributed by atoms with E-state index >= 15 is 0 Å². The van der Waals surface area contributed by atoms with Crippen molar-refractivity contribution in [3.63, 3.8) is 0 Å². The molecule has 0 spiro atoms. The lowest BCUT2D eigenvalue weighted by atomic mass is 9.98. The van der Waals surface area contributed by atoms with Crippen molar-refractivity contribution in [2.45, 2.75) is 20.3 Å². The molecule has 0 aromatic rings. The fourth-order valence-corrected chi connectivity index (χ4v) is 1.78. The van der Waals surface area contributed by atoms with Crippen LogP contribution in [-0.4, -0.2) is 19.1 Å². The Kier molecular flexibility index (Phi) is 4.10. The minimum Gasteiger partial charge on any atom is -0.381 e. The van der Waals surface area contributed by atoms with Gasteiger partial charge in [-0.2, -0.15) is 0 Å². The molecule has 0 saturated carbocycles. The summed E-state index contributed by atoms with van der Waals surface area (Å²) in [5.74, 6) is 1.85. The Morgan fingerprint density at radius 1 is 1.67 bits per heavy atom. The van der Waals surface area contributed by atoms with Crippen LogP contribution in [0, 0.1) is 11.8 Å². The van der Waals surface area contributed by atoms with Gasteiger partial charge in [-0.1, -0.05) is 25.5 Å². The molecule has 0 radical (unpaired) electrons. The van der Waals surface area contributed by atoms with E-state index in [0.717, 1.165) is 19.6 Å². The van der Waals surface area contributed by atoms with Crippen molar-refractivity contribution < 1.29 is 4.74 Å². The van der Waals surface area contributed by atoms with Crippen LogP contribution in [0.1, 0.15) is 20.3 Å². The molecule has 2 heteroatoms. The predicted molar refractivity (Wildman–Crippen MR) is 52.6 cm³/mol. The van der Waals surface area contributed by atoms with Crippen molar-refractivity contribution in [1.82, 2.24) is 0 Å². The monoisotopic (exact) mass is 188 g/mol. The molecule has 0 aliphatic carbocycles. The summed E-state index contributed by atoms with van der Waals surface area (Å²) in [6.45, 7) is 6.16.